The van der Waals surface area contributed by atoms with Gasteiger partial charge in [0, 0.05) is 6.54 Å². The van der Waals surface area contributed by atoms with Gasteiger partial charge in [-0.3, -0.25) is 0 Å². The van der Waals surface area contributed by atoms with Crippen LogP contribution in [0.2, 0.25) is 0 Å². The smallest absolute Gasteiger partial charge is 0.164 e. The zero-order valence-corrected chi connectivity index (χ0v) is 9.97. The van der Waals surface area contributed by atoms with Crippen molar-refractivity contribution in [3.63, 3.8) is 0 Å². The fourth-order valence-electron chi connectivity index (χ4n) is 2.58. The molecule has 1 fully saturated rings. The van der Waals surface area contributed by atoms with E-state index in [9.17, 15) is 0 Å². The molecule has 0 radical (unpaired) electrons. The second-order valence-corrected chi connectivity index (χ2v) is 4.78. The first-order valence-electron chi connectivity index (χ1n) is 6.28. The van der Waals surface area contributed by atoms with Crippen LogP contribution in [0.3, 0.4) is 0 Å². The molecule has 0 spiro atoms. The van der Waals surface area contributed by atoms with Crippen molar-refractivity contribution in [1.82, 2.24) is 20.2 Å². The van der Waals surface area contributed by atoms with Gasteiger partial charge in [-0.05, 0) is 35.1 Å². The van der Waals surface area contributed by atoms with Crippen molar-refractivity contribution in [3.8, 4) is 0 Å². The highest BCUT2D eigenvalue weighted by Crippen LogP contribution is 2.31. The van der Waals surface area contributed by atoms with Crippen LogP contribution in [-0.4, -0.2) is 20.2 Å². The number of nitrogens with zero attached hydrogens (tertiary/aromatic N) is 4. The maximum absolute atomic E-state index is 5.58. The minimum absolute atomic E-state index is 0.428. The number of tetrazole rings is 1. The summed E-state index contributed by atoms with van der Waals surface area (Å²) in [5.74, 6) is 2.48. The molecular weight excluding hydrogens is 202 g/mol. The Kier molecular flexibility index (Phi) is 3.88. The summed E-state index contributed by atoms with van der Waals surface area (Å²) in [5, 5.41) is 11.6. The molecule has 16 heavy (non-hydrogen) atoms. The van der Waals surface area contributed by atoms with E-state index >= 15 is 0 Å². The van der Waals surface area contributed by atoms with Gasteiger partial charge in [0.2, 0.25) is 0 Å². The third kappa shape index (κ3) is 2.58. The molecule has 0 amide bonds. The molecule has 0 aliphatic heterocycles. The molecule has 1 heterocycles. The lowest BCUT2D eigenvalue weighted by Crippen LogP contribution is -2.21. The van der Waals surface area contributed by atoms with E-state index in [-0.39, 0.29) is 0 Å². The van der Waals surface area contributed by atoms with Crippen molar-refractivity contribution >= 4 is 0 Å². The number of hydrogen-bond acceptors (Lipinski definition) is 4. The maximum atomic E-state index is 5.58. The van der Waals surface area contributed by atoms with E-state index in [1.165, 1.54) is 32.1 Å². The lowest BCUT2D eigenvalue weighted by molar-refractivity contribution is 0.239. The Labute approximate surface area is 96.4 Å². The molecule has 0 saturated heterocycles. The van der Waals surface area contributed by atoms with Crippen molar-refractivity contribution in [2.75, 3.05) is 0 Å². The Morgan fingerprint density at radius 3 is 2.56 bits per heavy atom. The minimum atomic E-state index is 0.428. The van der Waals surface area contributed by atoms with Gasteiger partial charge in [0.15, 0.2) is 5.82 Å². The summed E-state index contributed by atoms with van der Waals surface area (Å²) < 4.78 is 1.87. The highest BCUT2D eigenvalue weighted by atomic mass is 15.5. The van der Waals surface area contributed by atoms with Gasteiger partial charge < -0.3 is 5.73 Å². The summed E-state index contributed by atoms with van der Waals surface area (Å²) in [6, 6.07) is 0. The Hall–Kier alpha value is -0.970. The topological polar surface area (TPSA) is 69.6 Å². The van der Waals surface area contributed by atoms with Gasteiger partial charge in [0.1, 0.15) is 0 Å². The Bertz CT molecular complexity index is 314. The largest absolute Gasteiger partial charge is 0.324 e. The van der Waals surface area contributed by atoms with Crippen LogP contribution in [-0.2, 0) is 13.1 Å². The molecule has 0 atom stereocenters. The Balaban J connectivity index is 1.87. The van der Waals surface area contributed by atoms with E-state index in [0.717, 1.165) is 24.2 Å². The van der Waals surface area contributed by atoms with E-state index in [1.54, 1.807) is 0 Å². The molecule has 0 bridgehead atoms. The Morgan fingerprint density at radius 1 is 1.25 bits per heavy atom. The van der Waals surface area contributed by atoms with Gasteiger partial charge >= 0.3 is 0 Å². The van der Waals surface area contributed by atoms with E-state index in [2.05, 4.69) is 22.4 Å². The lowest BCUT2D eigenvalue weighted by atomic mass is 9.81. The zero-order valence-electron chi connectivity index (χ0n) is 9.97. The van der Waals surface area contributed by atoms with Crippen molar-refractivity contribution in [2.24, 2.45) is 17.6 Å². The summed E-state index contributed by atoms with van der Waals surface area (Å²) in [6.07, 6.45) is 6.67. The molecule has 1 saturated carbocycles. The molecule has 5 nitrogen and oxygen atoms in total. The predicted octanol–water partition coefficient (Wildman–Crippen LogP) is 1.35. The number of rotatable bonds is 4. The summed E-state index contributed by atoms with van der Waals surface area (Å²) >= 11 is 0. The second kappa shape index (κ2) is 5.39. The van der Waals surface area contributed by atoms with Gasteiger partial charge in [-0.25, -0.2) is 4.68 Å². The van der Waals surface area contributed by atoms with Crippen LogP contribution >= 0.6 is 0 Å². The third-order valence-electron chi connectivity index (χ3n) is 3.76. The molecule has 1 aliphatic rings. The highest BCUT2D eigenvalue weighted by Gasteiger charge is 2.21. The van der Waals surface area contributed by atoms with Gasteiger partial charge in [0.05, 0.1) is 6.54 Å². The number of aromatic nitrogens is 4. The number of hydrogen-bond donors (Lipinski definition) is 1. The first kappa shape index (κ1) is 11.5. The first-order valence-corrected chi connectivity index (χ1v) is 6.28. The quantitative estimate of drug-likeness (QED) is 0.836. The first-order chi connectivity index (χ1) is 7.83. The normalized spacial score (nSPS) is 25.9. The number of nitrogens with two attached hydrogens (primary N) is 1. The van der Waals surface area contributed by atoms with E-state index in [0.29, 0.717) is 6.54 Å². The summed E-state index contributed by atoms with van der Waals surface area (Å²) in [7, 11) is 0. The molecule has 2 N–H and O–H groups in total. The summed E-state index contributed by atoms with van der Waals surface area (Å²) in [4.78, 5) is 0. The van der Waals surface area contributed by atoms with Crippen LogP contribution in [0.25, 0.3) is 0 Å². The van der Waals surface area contributed by atoms with Gasteiger partial charge in [0.25, 0.3) is 0 Å². The fraction of sp³-hybridized carbons (Fsp3) is 0.909. The lowest BCUT2D eigenvalue weighted by Gasteiger charge is -2.27. The molecule has 0 aromatic carbocycles. The van der Waals surface area contributed by atoms with E-state index in [1.807, 2.05) is 4.68 Å². The van der Waals surface area contributed by atoms with E-state index in [4.69, 9.17) is 5.73 Å². The zero-order chi connectivity index (χ0) is 11.4. The molecule has 0 unspecified atom stereocenters. The van der Waals surface area contributed by atoms with Crippen molar-refractivity contribution < 1.29 is 0 Å². The van der Waals surface area contributed by atoms with Gasteiger partial charge in [-0.2, -0.15) is 0 Å². The van der Waals surface area contributed by atoms with E-state index < -0.39 is 0 Å². The van der Waals surface area contributed by atoms with Crippen LogP contribution in [0, 0.1) is 11.8 Å². The molecule has 1 aromatic heterocycles. The van der Waals surface area contributed by atoms with Crippen molar-refractivity contribution in [1.29, 1.82) is 0 Å². The predicted molar refractivity (Wildman–Crippen MR) is 61.4 cm³/mol. The molecule has 1 aromatic rings. The van der Waals surface area contributed by atoms with Crippen molar-refractivity contribution in [3.05, 3.63) is 5.82 Å². The van der Waals surface area contributed by atoms with Gasteiger partial charge in [-0.15, -0.1) is 5.10 Å². The standard InChI is InChI=1S/C11H21N5/c1-2-9-3-5-10(6-4-9)8-16-11(7-12)13-14-15-16/h9-10H,2-8,12H2,1H3. The van der Waals surface area contributed by atoms with Gasteiger partial charge in [-0.1, -0.05) is 26.2 Å². The highest BCUT2D eigenvalue weighted by molar-refractivity contribution is 4.80. The monoisotopic (exact) mass is 223 g/mol. The minimum Gasteiger partial charge on any atom is -0.324 e. The van der Waals surface area contributed by atoms with Crippen LogP contribution in [0.1, 0.15) is 44.9 Å². The van der Waals surface area contributed by atoms with Crippen molar-refractivity contribution in [2.45, 2.75) is 52.1 Å². The summed E-state index contributed by atoms with van der Waals surface area (Å²) in [5.41, 5.74) is 5.58. The van der Waals surface area contributed by atoms with Crippen LogP contribution < -0.4 is 5.73 Å². The molecule has 1 aliphatic carbocycles. The average molecular weight is 223 g/mol. The maximum Gasteiger partial charge on any atom is 0.164 e. The van der Waals surface area contributed by atoms with Crippen LogP contribution in [0.15, 0.2) is 0 Å². The van der Waals surface area contributed by atoms with Crippen LogP contribution in [0.4, 0.5) is 0 Å². The van der Waals surface area contributed by atoms with Crippen LogP contribution in [0.5, 0.6) is 0 Å². The second-order valence-electron chi connectivity index (χ2n) is 4.78. The molecule has 2 rings (SSSR count). The SMILES string of the molecule is CCC1CCC(Cn2nnnc2CN)CC1. The molecular formula is C11H21N5. The average Bonchev–Trinajstić information content (AvgIpc) is 2.77. The molecule has 90 valence electrons. The fourth-order valence-corrected chi connectivity index (χ4v) is 2.58. The third-order valence-corrected chi connectivity index (χ3v) is 3.76. The Morgan fingerprint density at radius 2 is 1.94 bits per heavy atom. The summed E-state index contributed by atoms with van der Waals surface area (Å²) in [6.45, 7) is 3.66. The molecule has 5 heteroatoms.